The molecule has 0 bridgehead atoms. The fourth-order valence-electron chi connectivity index (χ4n) is 4.45. The number of nitrogens with zero attached hydrogens (tertiary/aromatic N) is 1. The van der Waals surface area contributed by atoms with E-state index >= 15 is 0 Å². The molecule has 1 heterocycles. The van der Waals surface area contributed by atoms with Gasteiger partial charge in [-0.1, -0.05) is 42.5 Å². The largest absolute Gasteiger partial charge is 0.493 e. The van der Waals surface area contributed by atoms with Crippen LogP contribution in [0.4, 0.5) is 5.69 Å². The van der Waals surface area contributed by atoms with Crippen LogP contribution in [0, 0.1) is 13.8 Å². The van der Waals surface area contributed by atoms with Gasteiger partial charge in [0.05, 0.1) is 26.8 Å². The van der Waals surface area contributed by atoms with Gasteiger partial charge < -0.3 is 14.8 Å². The Bertz CT molecular complexity index is 1110. The van der Waals surface area contributed by atoms with Crippen LogP contribution >= 0.6 is 0 Å². The Morgan fingerprint density at radius 1 is 1.00 bits per heavy atom. The highest BCUT2D eigenvalue weighted by Gasteiger charge is 2.31. The van der Waals surface area contributed by atoms with E-state index in [0.717, 1.165) is 46.7 Å². The Labute approximate surface area is 190 Å². The van der Waals surface area contributed by atoms with Crippen LogP contribution < -0.4 is 14.8 Å². The van der Waals surface area contributed by atoms with Gasteiger partial charge in [0.15, 0.2) is 11.5 Å². The van der Waals surface area contributed by atoms with E-state index in [1.54, 1.807) is 14.2 Å². The third kappa shape index (κ3) is 4.34. The van der Waals surface area contributed by atoms with Gasteiger partial charge in [0.2, 0.25) is 5.91 Å². The van der Waals surface area contributed by atoms with Gasteiger partial charge in [0.25, 0.3) is 0 Å². The molecule has 1 aliphatic heterocycles. The van der Waals surface area contributed by atoms with Crippen LogP contribution in [-0.4, -0.2) is 38.1 Å². The monoisotopic (exact) mass is 430 g/mol. The summed E-state index contributed by atoms with van der Waals surface area (Å²) in [6, 6.07) is 20.4. The van der Waals surface area contributed by atoms with Crippen molar-refractivity contribution < 1.29 is 14.3 Å². The average molecular weight is 431 g/mol. The topological polar surface area (TPSA) is 50.8 Å². The van der Waals surface area contributed by atoms with E-state index in [1.807, 2.05) is 37.3 Å². The Kier molecular flexibility index (Phi) is 6.47. The Hall–Kier alpha value is -3.31. The number of fused-ring (bicyclic) bond motifs is 1. The predicted molar refractivity (Wildman–Crippen MR) is 128 cm³/mol. The SMILES string of the molecule is COc1cc2c(cc1OC)[C@@H](c1ccccc1)N(CC(=O)Nc1cccc(C)c1C)CC2. The molecular weight excluding hydrogens is 400 g/mol. The minimum absolute atomic E-state index is 0.0106. The first-order valence-corrected chi connectivity index (χ1v) is 10.9. The van der Waals surface area contributed by atoms with Gasteiger partial charge in [-0.2, -0.15) is 0 Å². The summed E-state index contributed by atoms with van der Waals surface area (Å²) in [5, 5.41) is 3.11. The maximum Gasteiger partial charge on any atom is 0.238 e. The molecular formula is C27H30N2O3. The number of anilines is 1. The molecule has 0 fully saturated rings. The molecule has 1 aliphatic rings. The van der Waals surface area contributed by atoms with E-state index in [2.05, 4.69) is 47.5 Å². The molecule has 3 aromatic carbocycles. The summed E-state index contributed by atoms with van der Waals surface area (Å²) in [6.07, 6.45) is 0.843. The van der Waals surface area contributed by atoms with Crippen molar-refractivity contribution in [1.82, 2.24) is 4.90 Å². The second-order valence-electron chi connectivity index (χ2n) is 8.24. The quantitative estimate of drug-likeness (QED) is 0.604. The van der Waals surface area contributed by atoms with Gasteiger partial charge in [-0.15, -0.1) is 0 Å². The van der Waals surface area contributed by atoms with Crippen molar-refractivity contribution in [2.75, 3.05) is 32.6 Å². The molecule has 0 unspecified atom stereocenters. The van der Waals surface area contributed by atoms with E-state index in [1.165, 1.54) is 5.56 Å². The Morgan fingerprint density at radius 3 is 2.44 bits per heavy atom. The third-order valence-corrected chi connectivity index (χ3v) is 6.31. The second kappa shape index (κ2) is 9.45. The minimum Gasteiger partial charge on any atom is -0.493 e. The normalized spacial score (nSPS) is 15.7. The summed E-state index contributed by atoms with van der Waals surface area (Å²) in [7, 11) is 3.31. The van der Waals surface area contributed by atoms with Crippen molar-refractivity contribution in [1.29, 1.82) is 0 Å². The molecule has 0 aliphatic carbocycles. The summed E-state index contributed by atoms with van der Waals surface area (Å²) >= 11 is 0. The molecule has 1 N–H and O–H groups in total. The lowest BCUT2D eigenvalue weighted by molar-refractivity contribution is -0.117. The molecule has 32 heavy (non-hydrogen) atoms. The van der Waals surface area contributed by atoms with Crippen LogP contribution in [0.25, 0.3) is 0 Å². The highest BCUT2D eigenvalue weighted by molar-refractivity contribution is 5.93. The smallest absolute Gasteiger partial charge is 0.238 e. The van der Waals surface area contributed by atoms with Crippen molar-refractivity contribution >= 4 is 11.6 Å². The molecule has 0 aromatic heterocycles. The van der Waals surface area contributed by atoms with Crippen molar-refractivity contribution in [3.8, 4) is 11.5 Å². The number of hydrogen-bond acceptors (Lipinski definition) is 4. The van der Waals surface area contributed by atoms with Crippen molar-refractivity contribution in [2.24, 2.45) is 0 Å². The zero-order valence-corrected chi connectivity index (χ0v) is 19.1. The number of ether oxygens (including phenoxy) is 2. The molecule has 1 atom stereocenters. The number of hydrogen-bond donors (Lipinski definition) is 1. The molecule has 166 valence electrons. The van der Waals surface area contributed by atoms with Gasteiger partial charge >= 0.3 is 0 Å². The minimum atomic E-state index is -0.0379. The van der Waals surface area contributed by atoms with E-state index in [0.29, 0.717) is 12.3 Å². The lowest BCUT2D eigenvalue weighted by atomic mass is 9.87. The standard InChI is InChI=1S/C27H30N2O3/c1-18-9-8-12-23(19(18)2)28-26(30)17-29-14-13-21-15-24(31-3)25(32-4)16-22(21)27(29)20-10-6-5-7-11-20/h5-12,15-16,27H,13-14,17H2,1-4H3,(H,28,30)/t27-/m1/s1. The van der Waals surface area contributed by atoms with Gasteiger partial charge in [0.1, 0.15) is 0 Å². The Morgan fingerprint density at radius 2 is 1.72 bits per heavy atom. The fourth-order valence-corrected chi connectivity index (χ4v) is 4.45. The predicted octanol–water partition coefficient (Wildman–Crippen LogP) is 4.91. The fraction of sp³-hybridized carbons (Fsp3) is 0.296. The number of carbonyl (C=O) groups is 1. The van der Waals surface area contributed by atoms with Crippen LogP contribution in [0.1, 0.15) is 33.9 Å². The first-order chi connectivity index (χ1) is 15.5. The van der Waals surface area contributed by atoms with Crippen molar-refractivity contribution in [3.63, 3.8) is 0 Å². The Balaban J connectivity index is 1.66. The zero-order chi connectivity index (χ0) is 22.7. The van der Waals surface area contributed by atoms with Crippen molar-refractivity contribution in [2.45, 2.75) is 26.3 Å². The summed E-state index contributed by atoms with van der Waals surface area (Å²) in [6.45, 7) is 5.18. The van der Waals surface area contributed by atoms with Gasteiger partial charge in [0, 0.05) is 12.2 Å². The first kappa shape index (κ1) is 21.9. The molecule has 5 heteroatoms. The summed E-state index contributed by atoms with van der Waals surface area (Å²) < 4.78 is 11.1. The molecule has 0 saturated carbocycles. The molecule has 0 radical (unpaired) electrons. The van der Waals surface area contributed by atoms with E-state index < -0.39 is 0 Å². The summed E-state index contributed by atoms with van der Waals surface area (Å²) in [4.78, 5) is 15.3. The lowest BCUT2D eigenvalue weighted by Crippen LogP contribution is -2.41. The molecule has 1 amide bonds. The zero-order valence-electron chi connectivity index (χ0n) is 19.1. The van der Waals surface area contributed by atoms with Crippen LogP contribution in [0.3, 0.4) is 0 Å². The third-order valence-electron chi connectivity index (χ3n) is 6.31. The van der Waals surface area contributed by atoms with Crippen LogP contribution in [0.15, 0.2) is 60.7 Å². The van der Waals surface area contributed by atoms with Gasteiger partial charge in [-0.3, -0.25) is 9.69 Å². The van der Waals surface area contributed by atoms with Gasteiger partial charge in [-0.25, -0.2) is 0 Å². The number of benzene rings is 3. The molecule has 0 spiro atoms. The van der Waals surface area contributed by atoms with Crippen LogP contribution in [0.2, 0.25) is 0 Å². The number of carbonyl (C=O) groups excluding carboxylic acids is 1. The number of nitrogens with one attached hydrogen (secondary N) is 1. The number of amides is 1. The van der Waals surface area contributed by atoms with Crippen LogP contribution in [-0.2, 0) is 11.2 Å². The van der Waals surface area contributed by atoms with E-state index in [9.17, 15) is 4.79 Å². The average Bonchev–Trinajstić information content (AvgIpc) is 2.81. The maximum absolute atomic E-state index is 13.1. The highest BCUT2D eigenvalue weighted by Crippen LogP contribution is 2.40. The molecule has 0 saturated heterocycles. The number of aryl methyl sites for hydroxylation is 1. The number of methoxy groups -OCH3 is 2. The van der Waals surface area contributed by atoms with E-state index in [-0.39, 0.29) is 11.9 Å². The van der Waals surface area contributed by atoms with Crippen LogP contribution in [0.5, 0.6) is 11.5 Å². The molecule has 5 nitrogen and oxygen atoms in total. The second-order valence-corrected chi connectivity index (χ2v) is 8.24. The maximum atomic E-state index is 13.1. The highest BCUT2D eigenvalue weighted by atomic mass is 16.5. The van der Waals surface area contributed by atoms with E-state index in [4.69, 9.17) is 9.47 Å². The summed E-state index contributed by atoms with van der Waals surface area (Å²) in [5.41, 5.74) is 6.66. The molecule has 3 aromatic rings. The summed E-state index contributed by atoms with van der Waals surface area (Å²) in [5.74, 6) is 1.43. The van der Waals surface area contributed by atoms with Crippen molar-refractivity contribution in [3.05, 3.63) is 88.5 Å². The van der Waals surface area contributed by atoms with Gasteiger partial charge in [-0.05, 0) is 66.3 Å². The lowest BCUT2D eigenvalue weighted by Gasteiger charge is -2.37. The first-order valence-electron chi connectivity index (χ1n) is 10.9. The molecule has 4 rings (SSSR count). The number of rotatable bonds is 6.